The van der Waals surface area contributed by atoms with E-state index >= 15 is 0 Å². The van der Waals surface area contributed by atoms with Crippen LogP contribution in [0, 0.1) is 0 Å². The van der Waals surface area contributed by atoms with Gasteiger partial charge in [-0.05, 0) is 102 Å². The number of hydrogen-bond acceptors (Lipinski definition) is 1. The van der Waals surface area contributed by atoms with Crippen molar-refractivity contribution in [3.63, 3.8) is 0 Å². The molecule has 0 saturated heterocycles. The monoisotopic (exact) mass is 465 g/mol. The second-order valence-corrected chi connectivity index (χ2v) is 10.1. The standard InChI is InChI=1S/C32H32ClN/c1-32(34,27-7-3-2-4-8-27)28-19-15-24(16-20-28)23-11-13-25(14-12-23)30-9-5-6-10-31(30)26-17-21-29(33)22-18-26/h2-4,7-8,11-15,17-19,21-22H,5-6,9-10,16,20,34H2,1H3. The fourth-order valence-electron chi connectivity index (χ4n) is 5.36. The van der Waals surface area contributed by atoms with E-state index in [-0.39, 0.29) is 0 Å². The van der Waals surface area contributed by atoms with Crippen LogP contribution in [0.3, 0.4) is 0 Å². The van der Waals surface area contributed by atoms with Crippen molar-refractivity contribution < 1.29 is 0 Å². The van der Waals surface area contributed by atoms with Crippen molar-refractivity contribution in [3.8, 4) is 0 Å². The number of benzene rings is 3. The summed E-state index contributed by atoms with van der Waals surface area (Å²) >= 11 is 6.13. The van der Waals surface area contributed by atoms with Gasteiger partial charge in [0, 0.05) is 5.02 Å². The van der Waals surface area contributed by atoms with E-state index in [1.54, 1.807) is 0 Å². The predicted molar refractivity (Wildman–Crippen MR) is 146 cm³/mol. The summed E-state index contributed by atoms with van der Waals surface area (Å²) in [6, 6.07) is 27.9. The number of nitrogens with two attached hydrogens (primary N) is 1. The first kappa shape index (κ1) is 22.9. The molecule has 172 valence electrons. The maximum absolute atomic E-state index is 6.76. The van der Waals surface area contributed by atoms with E-state index in [9.17, 15) is 0 Å². The molecule has 1 nitrogen and oxygen atoms in total. The Labute approximate surface area is 208 Å². The summed E-state index contributed by atoms with van der Waals surface area (Å²) in [6.07, 6.45) is 11.3. The van der Waals surface area contributed by atoms with Gasteiger partial charge in [0.25, 0.3) is 0 Å². The number of allylic oxidation sites excluding steroid dienone is 5. The summed E-state index contributed by atoms with van der Waals surface area (Å²) in [7, 11) is 0. The van der Waals surface area contributed by atoms with Crippen molar-refractivity contribution in [2.45, 2.75) is 51.0 Å². The molecule has 34 heavy (non-hydrogen) atoms. The molecule has 2 heteroatoms. The van der Waals surface area contributed by atoms with E-state index in [0.717, 1.165) is 30.7 Å². The van der Waals surface area contributed by atoms with Crippen LogP contribution in [0.25, 0.3) is 16.7 Å². The Bertz CT molecular complexity index is 1240. The van der Waals surface area contributed by atoms with Gasteiger partial charge in [0.1, 0.15) is 0 Å². The molecule has 3 aromatic carbocycles. The largest absolute Gasteiger partial charge is 0.318 e. The van der Waals surface area contributed by atoms with Gasteiger partial charge in [0.05, 0.1) is 5.54 Å². The lowest BCUT2D eigenvalue weighted by atomic mass is 9.79. The van der Waals surface area contributed by atoms with Crippen LogP contribution >= 0.6 is 11.6 Å². The lowest BCUT2D eigenvalue weighted by molar-refractivity contribution is 0.560. The number of hydrogen-bond donors (Lipinski definition) is 1. The molecule has 0 heterocycles. The number of halogens is 1. The highest BCUT2D eigenvalue weighted by Crippen LogP contribution is 2.40. The van der Waals surface area contributed by atoms with E-state index in [0.29, 0.717) is 0 Å². The zero-order valence-corrected chi connectivity index (χ0v) is 20.6. The normalized spacial score (nSPS) is 18.2. The molecular formula is C32H32ClN. The molecule has 2 N–H and O–H groups in total. The molecule has 0 fully saturated rings. The minimum Gasteiger partial charge on any atom is -0.318 e. The Morgan fingerprint density at radius 3 is 1.76 bits per heavy atom. The zero-order chi connectivity index (χ0) is 23.5. The van der Waals surface area contributed by atoms with E-state index in [1.165, 1.54) is 57.4 Å². The van der Waals surface area contributed by atoms with E-state index in [4.69, 9.17) is 17.3 Å². The molecule has 0 aromatic heterocycles. The average molecular weight is 466 g/mol. The maximum Gasteiger partial charge on any atom is 0.0599 e. The van der Waals surface area contributed by atoms with Crippen molar-refractivity contribution in [1.29, 1.82) is 0 Å². The van der Waals surface area contributed by atoms with Crippen LogP contribution in [0.1, 0.15) is 67.7 Å². The number of rotatable bonds is 5. The summed E-state index contributed by atoms with van der Waals surface area (Å²) in [5.41, 5.74) is 17.1. The highest BCUT2D eigenvalue weighted by molar-refractivity contribution is 6.30. The summed E-state index contributed by atoms with van der Waals surface area (Å²) < 4.78 is 0. The van der Waals surface area contributed by atoms with Crippen molar-refractivity contribution in [3.05, 3.63) is 124 Å². The summed E-state index contributed by atoms with van der Waals surface area (Å²) in [4.78, 5) is 0. The van der Waals surface area contributed by atoms with Crippen molar-refractivity contribution >= 4 is 28.3 Å². The smallest absolute Gasteiger partial charge is 0.0599 e. The molecule has 0 radical (unpaired) electrons. The third-order valence-corrected chi connectivity index (χ3v) is 7.71. The molecule has 3 aromatic rings. The first-order chi connectivity index (χ1) is 16.5. The topological polar surface area (TPSA) is 26.0 Å². The molecule has 1 unspecified atom stereocenters. The van der Waals surface area contributed by atoms with E-state index < -0.39 is 5.54 Å². The first-order valence-electron chi connectivity index (χ1n) is 12.4. The fraction of sp³-hybridized carbons (Fsp3) is 0.250. The molecule has 0 saturated carbocycles. The lowest BCUT2D eigenvalue weighted by Crippen LogP contribution is -2.35. The average Bonchev–Trinajstić information content (AvgIpc) is 2.90. The van der Waals surface area contributed by atoms with Gasteiger partial charge in [-0.1, -0.05) is 90.5 Å². The van der Waals surface area contributed by atoms with Gasteiger partial charge < -0.3 is 5.73 Å². The van der Waals surface area contributed by atoms with Gasteiger partial charge in [-0.2, -0.15) is 0 Å². The van der Waals surface area contributed by atoms with Crippen molar-refractivity contribution in [2.24, 2.45) is 5.73 Å². The minimum atomic E-state index is -0.432. The molecule has 2 aliphatic carbocycles. The molecule has 5 rings (SSSR count). The van der Waals surface area contributed by atoms with Gasteiger partial charge in [-0.3, -0.25) is 0 Å². The maximum atomic E-state index is 6.76. The predicted octanol–water partition coefficient (Wildman–Crippen LogP) is 8.80. The fourth-order valence-corrected chi connectivity index (χ4v) is 5.49. The molecule has 2 aliphatic rings. The van der Waals surface area contributed by atoms with Crippen LogP contribution in [0.5, 0.6) is 0 Å². The Hall–Kier alpha value is -2.87. The molecule has 0 spiro atoms. The van der Waals surface area contributed by atoms with Gasteiger partial charge in [0.15, 0.2) is 0 Å². The Kier molecular flexibility index (Phi) is 6.59. The van der Waals surface area contributed by atoms with Gasteiger partial charge in [0.2, 0.25) is 0 Å². The summed E-state index contributed by atoms with van der Waals surface area (Å²) in [5, 5.41) is 0.794. The highest BCUT2D eigenvalue weighted by atomic mass is 35.5. The van der Waals surface area contributed by atoms with Crippen LogP contribution in [-0.2, 0) is 5.54 Å². The third-order valence-electron chi connectivity index (χ3n) is 7.45. The zero-order valence-electron chi connectivity index (χ0n) is 19.9. The Morgan fingerprint density at radius 2 is 1.21 bits per heavy atom. The van der Waals surface area contributed by atoms with E-state index in [1.807, 2.05) is 18.2 Å². The van der Waals surface area contributed by atoms with Gasteiger partial charge in [-0.15, -0.1) is 0 Å². The Balaban J connectivity index is 1.40. The summed E-state index contributed by atoms with van der Waals surface area (Å²) in [6.45, 7) is 2.12. The van der Waals surface area contributed by atoms with Crippen LogP contribution in [0.4, 0.5) is 0 Å². The minimum absolute atomic E-state index is 0.432. The SMILES string of the molecule is CC(N)(C1=CC=C(c2ccc(C3=C(c4ccc(Cl)cc4)CCCC3)cc2)CC1)c1ccccc1. The molecule has 0 amide bonds. The first-order valence-corrected chi connectivity index (χ1v) is 12.7. The summed E-state index contributed by atoms with van der Waals surface area (Å²) in [5.74, 6) is 0. The van der Waals surface area contributed by atoms with Gasteiger partial charge in [-0.25, -0.2) is 0 Å². The van der Waals surface area contributed by atoms with Crippen LogP contribution in [-0.4, -0.2) is 0 Å². The molecule has 0 bridgehead atoms. The van der Waals surface area contributed by atoms with Crippen LogP contribution < -0.4 is 5.73 Å². The molecule has 1 atom stereocenters. The van der Waals surface area contributed by atoms with E-state index in [2.05, 4.69) is 79.7 Å². The molecule has 0 aliphatic heterocycles. The van der Waals surface area contributed by atoms with Gasteiger partial charge >= 0.3 is 0 Å². The quantitative estimate of drug-likeness (QED) is 0.400. The highest BCUT2D eigenvalue weighted by Gasteiger charge is 2.27. The third kappa shape index (κ3) is 4.69. The Morgan fingerprint density at radius 1 is 0.647 bits per heavy atom. The van der Waals surface area contributed by atoms with Crippen LogP contribution in [0.15, 0.2) is 96.6 Å². The van der Waals surface area contributed by atoms with Crippen LogP contribution in [0.2, 0.25) is 5.02 Å². The van der Waals surface area contributed by atoms with Crippen molar-refractivity contribution in [1.82, 2.24) is 0 Å². The second kappa shape index (κ2) is 9.78. The molecular weight excluding hydrogens is 434 g/mol. The lowest BCUT2D eigenvalue weighted by Gasteiger charge is -2.31. The second-order valence-electron chi connectivity index (χ2n) is 9.70. The van der Waals surface area contributed by atoms with Crippen molar-refractivity contribution in [2.75, 3.05) is 0 Å².